The summed E-state index contributed by atoms with van der Waals surface area (Å²) in [6, 6.07) is 10.7. The summed E-state index contributed by atoms with van der Waals surface area (Å²) in [4.78, 5) is 11.4. The van der Waals surface area contributed by atoms with Gasteiger partial charge in [0.25, 0.3) is 0 Å². The van der Waals surface area contributed by atoms with E-state index in [1.54, 1.807) is 0 Å². The second-order valence-electron chi connectivity index (χ2n) is 6.31. The van der Waals surface area contributed by atoms with Crippen LogP contribution < -0.4 is 5.32 Å². The molecule has 1 N–H and O–H groups in total. The Morgan fingerprint density at radius 2 is 1.92 bits per heavy atom. The first kappa shape index (κ1) is 15.7. The molecule has 0 radical (unpaired) electrons. The zero-order chi connectivity index (χ0) is 16.5. The highest BCUT2D eigenvalue weighted by molar-refractivity contribution is 7.16. The number of piperazine rings is 1. The van der Waals surface area contributed by atoms with Gasteiger partial charge in [-0.2, -0.15) is 0 Å². The first-order valence-electron chi connectivity index (χ1n) is 8.83. The third-order valence-corrected chi connectivity index (χ3v) is 6.06. The number of para-hydroxylation sites is 2. The third-order valence-electron chi connectivity index (χ3n) is 4.87. The van der Waals surface area contributed by atoms with E-state index < -0.39 is 0 Å². The van der Waals surface area contributed by atoms with Gasteiger partial charge < -0.3 is 15.1 Å². The Hall–Kier alpha value is -1.85. The summed E-state index contributed by atoms with van der Waals surface area (Å²) < 4.78 is 0. The Morgan fingerprint density at radius 3 is 2.67 bits per heavy atom. The number of nitrogens with one attached hydrogen (secondary N) is 1. The van der Waals surface area contributed by atoms with Crippen molar-refractivity contribution >= 4 is 33.5 Å². The first-order valence-corrected chi connectivity index (χ1v) is 9.65. The number of rotatable bonds is 2. The number of hydrogen-bond acceptors (Lipinski definition) is 5. The minimum absolute atomic E-state index is 1.03. The lowest BCUT2D eigenvalue weighted by Crippen LogP contribution is -2.48. The Balaban J connectivity index is 1.75. The molecule has 0 atom stereocenters. The van der Waals surface area contributed by atoms with Gasteiger partial charge in [0.2, 0.25) is 0 Å². The lowest BCUT2D eigenvalue weighted by molar-refractivity contribution is 0.190. The van der Waals surface area contributed by atoms with Crippen LogP contribution in [-0.4, -0.2) is 48.4 Å². The third kappa shape index (κ3) is 2.82. The van der Waals surface area contributed by atoms with Gasteiger partial charge in [0, 0.05) is 31.1 Å². The molecule has 0 unspecified atom stereocenters. The van der Waals surface area contributed by atoms with Crippen molar-refractivity contribution in [3.05, 3.63) is 40.8 Å². The van der Waals surface area contributed by atoms with Gasteiger partial charge in [0.1, 0.15) is 10.8 Å². The molecule has 0 spiro atoms. The number of amidine groups is 1. The fraction of sp³-hybridized carbons (Fsp3) is 0.421. The van der Waals surface area contributed by atoms with Crippen LogP contribution >= 0.6 is 11.3 Å². The van der Waals surface area contributed by atoms with E-state index in [0.717, 1.165) is 56.4 Å². The van der Waals surface area contributed by atoms with Crippen LogP contribution in [0.5, 0.6) is 0 Å². The summed E-state index contributed by atoms with van der Waals surface area (Å²) in [5.74, 6) is 1.13. The van der Waals surface area contributed by atoms with E-state index in [1.807, 2.05) is 11.3 Å². The Kier molecular flexibility index (Phi) is 4.29. The number of aryl methyl sites for hydroxylation is 1. The van der Waals surface area contributed by atoms with Crippen LogP contribution in [0.4, 0.5) is 16.4 Å². The van der Waals surface area contributed by atoms with Gasteiger partial charge in [-0.1, -0.05) is 26.0 Å². The monoisotopic (exact) mass is 340 g/mol. The zero-order valence-corrected chi connectivity index (χ0v) is 15.2. The average Bonchev–Trinajstić information content (AvgIpc) is 2.97. The van der Waals surface area contributed by atoms with Crippen molar-refractivity contribution < 1.29 is 0 Å². The lowest BCUT2D eigenvalue weighted by Gasteiger charge is -2.35. The van der Waals surface area contributed by atoms with E-state index in [2.05, 4.69) is 59.3 Å². The van der Waals surface area contributed by atoms with Gasteiger partial charge in [0.15, 0.2) is 0 Å². The minimum atomic E-state index is 1.03. The molecule has 0 amide bonds. The van der Waals surface area contributed by atoms with Crippen molar-refractivity contribution in [1.82, 2.24) is 9.80 Å². The summed E-state index contributed by atoms with van der Waals surface area (Å²) in [5.41, 5.74) is 3.40. The number of anilines is 2. The molecule has 2 aliphatic rings. The molecule has 126 valence electrons. The molecule has 2 aromatic rings. The normalized spacial score (nSPS) is 17.6. The molecule has 0 bridgehead atoms. The predicted octanol–water partition coefficient (Wildman–Crippen LogP) is 4.08. The molecule has 3 heterocycles. The SMILES string of the molecule is CCc1cc2c(s1)Nc1ccccc1N=C2N1CCN(CC)CC1. The molecule has 4 nitrogen and oxygen atoms in total. The van der Waals surface area contributed by atoms with Gasteiger partial charge in [-0.15, -0.1) is 11.3 Å². The van der Waals surface area contributed by atoms with E-state index in [1.165, 1.54) is 15.4 Å². The van der Waals surface area contributed by atoms with Gasteiger partial charge in [0.05, 0.1) is 16.9 Å². The Morgan fingerprint density at radius 1 is 1.12 bits per heavy atom. The van der Waals surface area contributed by atoms with Crippen LogP contribution in [0.15, 0.2) is 35.3 Å². The van der Waals surface area contributed by atoms with Gasteiger partial charge in [-0.25, -0.2) is 4.99 Å². The molecular weight excluding hydrogens is 316 g/mol. The van der Waals surface area contributed by atoms with Crippen molar-refractivity contribution in [2.24, 2.45) is 4.99 Å². The molecule has 0 aliphatic carbocycles. The summed E-state index contributed by atoms with van der Waals surface area (Å²) >= 11 is 1.86. The summed E-state index contributed by atoms with van der Waals surface area (Å²) in [5, 5.41) is 4.84. The number of fused-ring (bicyclic) bond motifs is 2. The van der Waals surface area contributed by atoms with Crippen LogP contribution in [-0.2, 0) is 6.42 Å². The number of thiophene rings is 1. The fourth-order valence-corrected chi connectivity index (χ4v) is 4.37. The van der Waals surface area contributed by atoms with E-state index in [9.17, 15) is 0 Å². The average molecular weight is 340 g/mol. The van der Waals surface area contributed by atoms with Crippen molar-refractivity contribution in [2.75, 3.05) is 38.0 Å². The maximum Gasteiger partial charge on any atom is 0.139 e. The van der Waals surface area contributed by atoms with Gasteiger partial charge >= 0.3 is 0 Å². The highest BCUT2D eigenvalue weighted by Gasteiger charge is 2.26. The number of aliphatic imine (C=N–C) groups is 1. The first-order chi connectivity index (χ1) is 11.8. The fourth-order valence-electron chi connectivity index (χ4n) is 3.37. The van der Waals surface area contributed by atoms with Crippen LogP contribution in [0, 0.1) is 0 Å². The van der Waals surface area contributed by atoms with E-state index in [0.29, 0.717) is 0 Å². The summed E-state index contributed by atoms with van der Waals surface area (Å²) in [6.07, 6.45) is 1.07. The van der Waals surface area contributed by atoms with Crippen LogP contribution in [0.2, 0.25) is 0 Å². The number of nitrogens with zero attached hydrogens (tertiary/aromatic N) is 3. The highest BCUT2D eigenvalue weighted by Crippen LogP contribution is 2.39. The number of benzene rings is 1. The van der Waals surface area contributed by atoms with Crippen molar-refractivity contribution in [2.45, 2.75) is 20.3 Å². The maximum absolute atomic E-state index is 5.07. The molecule has 24 heavy (non-hydrogen) atoms. The molecule has 1 aromatic carbocycles. The van der Waals surface area contributed by atoms with Crippen LogP contribution in [0.3, 0.4) is 0 Å². The zero-order valence-electron chi connectivity index (χ0n) is 14.4. The molecule has 5 heteroatoms. The maximum atomic E-state index is 5.07. The van der Waals surface area contributed by atoms with Crippen molar-refractivity contribution in [3.63, 3.8) is 0 Å². The van der Waals surface area contributed by atoms with Gasteiger partial charge in [-0.3, -0.25) is 0 Å². The van der Waals surface area contributed by atoms with E-state index in [4.69, 9.17) is 4.99 Å². The molecule has 4 rings (SSSR count). The standard InChI is InChI=1S/C19H24N4S/c1-3-14-13-15-18(23-11-9-22(4-2)10-12-23)20-16-7-5-6-8-17(16)21-19(15)24-14/h5-8,13,21H,3-4,9-12H2,1-2H3. The highest BCUT2D eigenvalue weighted by atomic mass is 32.1. The smallest absolute Gasteiger partial charge is 0.139 e. The molecule has 0 saturated carbocycles. The second kappa shape index (κ2) is 6.57. The van der Waals surface area contributed by atoms with Crippen molar-refractivity contribution in [3.8, 4) is 0 Å². The summed E-state index contributed by atoms with van der Waals surface area (Å²) in [7, 11) is 0. The Labute approximate surface area is 147 Å². The minimum Gasteiger partial charge on any atom is -0.353 e. The second-order valence-corrected chi connectivity index (χ2v) is 7.44. The predicted molar refractivity (Wildman–Crippen MR) is 103 cm³/mol. The largest absolute Gasteiger partial charge is 0.353 e. The molecular formula is C19H24N4S. The molecule has 1 fully saturated rings. The lowest BCUT2D eigenvalue weighted by atomic mass is 10.2. The van der Waals surface area contributed by atoms with E-state index >= 15 is 0 Å². The van der Waals surface area contributed by atoms with Crippen LogP contribution in [0.1, 0.15) is 24.3 Å². The van der Waals surface area contributed by atoms with Gasteiger partial charge in [-0.05, 0) is 31.2 Å². The topological polar surface area (TPSA) is 30.9 Å². The summed E-state index contributed by atoms with van der Waals surface area (Å²) in [6.45, 7) is 9.92. The van der Waals surface area contributed by atoms with Crippen molar-refractivity contribution in [1.29, 1.82) is 0 Å². The number of hydrogen-bond donors (Lipinski definition) is 1. The molecule has 1 saturated heterocycles. The quantitative estimate of drug-likeness (QED) is 0.893. The number of likely N-dealkylation sites (N-methyl/N-ethyl adjacent to an activating group) is 1. The van der Waals surface area contributed by atoms with E-state index in [-0.39, 0.29) is 0 Å². The Bertz CT molecular complexity index is 756. The van der Waals surface area contributed by atoms with Crippen LogP contribution in [0.25, 0.3) is 0 Å². The molecule has 2 aliphatic heterocycles. The molecule has 1 aromatic heterocycles.